The van der Waals surface area contributed by atoms with Gasteiger partial charge in [0, 0.05) is 6.04 Å². The van der Waals surface area contributed by atoms with Crippen molar-refractivity contribution in [3.63, 3.8) is 0 Å². The molecule has 19 heavy (non-hydrogen) atoms. The lowest BCUT2D eigenvalue weighted by molar-refractivity contribution is 0.237. The third-order valence-corrected chi connectivity index (χ3v) is 3.90. The highest BCUT2D eigenvalue weighted by Crippen LogP contribution is 2.19. The Labute approximate surface area is 112 Å². The van der Waals surface area contributed by atoms with Crippen molar-refractivity contribution < 1.29 is 13.2 Å². The zero-order chi connectivity index (χ0) is 14.0. The molecule has 0 unspecified atom stereocenters. The second-order valence-electron chi connectivity index (χ2n) is 4.73. The third-order valence-electron chi connectivity index (χ3n) is 2.97. The van der Waals surface area contributed by atoms with Crippen LogP contribution < -0.4 is 15.8 Å². The van der Waals surface area contributed by atoms with Gasteiger partial charge in [-0.3, -0.25) is 0 Å². The van der Waals surface area contributed by atoms with Crippen molar-refractivity contribution in [2.45, 2.75) is 36.7 Å². The van der Waals surface area contributed by atoms with Crippen LogP contribution in [0.5, 0.6) is 0 Å². The molecule has 1 aliphatic rings. The topological polar surface area (TPSA) is 101 Å². The van der Waals surface area contributed by atoms with E-state index in [9.17, 15) is 13.2 Å². The van der Waals surface area contributed by atoms with Crippen LogP contribution in [0.4, 0.5) is 4.79 Å². The fourth-order valence-electron chi connectivity index (χ4n) is 1.68. The Morgan fingerprint density at radius 1 is 1.32 bits per heavy atom. The third kappa shape index (κ3) is 3.93. The summed E-state index contributed by atoms with van der Waals surface area (Å²) in [7, 11) is -3.68. The van der Waals surface area contributed by atoms with Gasteiger partial charge in [0.15, 0.2) is 0 Å². The van der Waals surface area contributed by atoms with Gasteiger partial charge in [-0.25, -0.2) is 18.4 Å². The van der Waals surface area contributed by atoms with Crippen molar-refractivity contribution in [1.82, 2.24) is 10.6 Å². The second-order valence-corrected chi connectivity index (χ2v) is 6.29. The Balaban J connectivity index is 1.98. The van der Waals surface area contributed by atoms with E-state index in [4.69, 9.17) is 5.14 Å². The summed E-state index contributed by atoms with van der Waals surface area (Å²) < 4.78 is 22.2. The minimum atomic E-state index is -3.68. The smallest absolute Gasteiger partial charge is 0.315 e. The molecule has 0 radical (unpaired) electrons. The molecular formula is C12H17N3O3S. The van der Waals surface area contributed by atoms with Gasteiger partial charge in [-0.1, -0.05) is 12.1 Å². The van der Waals surface area contributed by atoms with Crippen molar-refractivity contribution in [1.29, 1.82) is 0 Å². The Morgan fingerprint density at radius 2 is 1.89 bits per heavy atom. The maximum Gasteiger partial charge on any atom is 0.315 e. The van der Waals surface area contributed by atoms with Gasteiger partial charge < -0.3 is 10.6 Å². The lowest BCUT2D eigenvalue weighted by Crippen LogP contribution is -2.38. The Morgan fingerprint density at radius 3 is 2.37 bits per heavy atom. The first-order valence-electron chi connectivity index (χ1n) is 6.06. The molecule has 0 spiro atoms. The van der Waals surface area contributed by atoms with Gasteiger partial charge in [0.25, 0.3) is 0 Å². The molecule has 7 heteroatoms. The van der Waals surface area contributed by atoms with Gasteiger partial charge in [-0.05, 0) is 37.5 Å². The van der Waals surface area contributed by atoms with E-state index in [2.05, 4.69) is 10.6 Å². The van der Waals surface area contributed by atoms with Gasteiger partial charge in [-0.15, -0.1) is 0 Å². The highest BCUT2D eigenvalue weighted by Gasteiger charge is 2.23. The highest BCUT2D eigenvalue weighted by atomic mass is 32.2. The summed E-state index contributed by atoms with van der Waals surface area (Å²) in [5.41, 5.74) is 0.818. The number of rotatable bonds is 4. The van der Waals surface area contributed by atoms with Crippen LogP contribution in [-0.2, 0) is 10.0 Å². The predicted octanol–water partition coefficient (Wildman–Crippen LogP) is 0.857. The van der Waals surface area contributed by atoms with Crippen molar-refractivity contribution in [3.8, 4) is 0 Å². The number of hydrogen-bond acceptors (Lipinski definition) is 3. The van der Waals surface area contributed by atoms with E-state index in [1.165, 1.54) is 12.1 Å². The van der Waals surface area contributed by atoms with Crippen LogP contribution in [-0.4, -0.2) is 20.5 Å². The van der Waals surface area contributed by atoms with Crippen LogP contribution in [0.3, 0.4) is 0 Å². The first-order valence-corrected chi connectivity index (χ1v) is 7.60. The molecule has 1 aliphatic carbocycles. The normalized spacial score (nSPS) is 16.7. The van der Waals surface area contributed by atoms with Gasteiger partial charge in [-0.2, -0.15) is 0 Å². The van der Waals surface area contributed by atoms with Crippen LogP contribution in [0.1, 0.15) is 31.4 Å². The van der Waals surface area contributed by atoms with E-state index in [1.54, 1.807) is 12.1 Å². The van der Waals surface area contributed by atoms with Crippen LogP contribution in [0.25, 0.3) is 0 Å². The SMILES string of the molecule is C[C@@H](NC(=O)NC1CC1)c1ccc(S(N)(=O)=O)cc1. The fourth-order valence-corrected chi connectivity index (χ4v) is 2.20. The summed E-state index contributed by atoms with van der Waals surface area (Å²) in [5, 5.41) is 10.6. The maximum absolute atomic E-state index is 11.6. The minimum Gasteiger partial charge on any atom is -0.335 e. The molecule has 4 N–H and O–H groups in total. The molecule has 1 atom stereocenters. The number of hydrogen-bond donors (Lipinski definition) is 3. The highest BCUT2D eigenvalue weighted by molar-refractivity contribution is 7.89. The molecule has 6 nitrogen and oxygen atoms in total. The first kappa shape index (κ1) is 13.8. The number of amides is 2. The van der Waals surface area contributed by atoms with Crippen molar-refractivity contribution >= 4 is 16.1 Å². The monoisotopic (exact) mass is 283 g/mol. The summed E-state index contributed by atoms with van der Waals surface area (Å²) >= 11 is 0. The van der Waals surface area contributed by atoms with Crippen LogP contribution >= 0.6 is 0 Å². The lowest BCUT2D eigenvalue weighted by atomic mass is 10.1. The molecule has 2 rings (SSSR count). The zero-order valence-electron chi connectivity index (χ0n) is 10.6. The quantitative estimate of drug-likeness (QED) is 0.763. The number of nitrogens with one attached hydrogen (secondary N) is 2. The Kier molecular flexibility index (Phi) is 3.77. The van der Waals surface area contributed by atoms with E-state index in [1.807, 2.05) is 6.92 Å². The average molecular weight is 283 g/mol. The summed E-state index contributed by atoms with van der Waals surface area (Å²) in [6.45, 7) is 1.83. The minimum absolute atomic E-state index is 0.0610. The molecule has 2 amide bonds. The summed E-state index contributed by atoms with van der Waals surface area (Å²) in [4.78, 5) is 11.6. The predicted molar refractivity (Wildman–Crippen MR) is 70.9 cm³/mol. The van der Waals surface area contributed by atoms with E-state index < -0.39 is 10.0 Å². The van der Waals surface area contributed by atoms with E-state index >= 15 is 0 Å². The average Bonchev–Trinajstić information content (AvgIpc) is 3.11. The molecule has 1 saturated carbocycles. The van der Waals surface area contributed by atoms with Crippen molar-refractivity contribution in [3.05, 3.63) is 29.8 Å². The van der Waals surface area contributed by atoms with Crippen LogP contribution in [0.15, 0.2) is 29.2 Å². The standard InChI is InChI=1S/C12H17N3O3S/c1-8(14-12(16)15-10-4-5-10)9-2-6-11(7-3-9)19(13,17)18/h2-3,6-8,10H,4-5H2,1H3,(H2,13,17,18)(H2,14,15,16)/t8-/m1/s1. The Bertz CT molecular complexity index is 564. The van der Waals surface area contributed by atoms with Gasteiger partial charge in [0.2, 0.25) is 10.0 Å². The van der Waals surface area contributed by atoms with Crippen LogP contribution in [0.2, 0.25) is 0 Å². The number of primary sulfonamides is 1. The van der Waals surface area contributed by atoms with Gasteiger partial charge in [0.1, 0.15) is 0 Å². The molecule has 1 aromatic carbocycles. The van der Waals surface area contributed by atoms with Crippen LogP contribution in [0, 0.1) is 0 Å². The molecule has 0 aliphatic heterocycles. The molecule has 1 fully saturated rings. The number of nitrogens with two attached hydrogens (primary N) is 1. The van der Waals surface area contributed by atoms with Gasteiger partial charge in [0.05, 0.1) is 10.9 Å². The molecule has 0 saturated heterocycles. The summed E-state index contributed by atoms with van der Waals surface area (Å²) in [5.74, 6) is 0. The number of carbonyl (C=O) groups is 1. The summed E-state index contributed by atoms with van der Waals surface area (Å²) in [6.07, 6.45) is 2.07. The van der Waals surface area contributed by atoms with Gasteiger partial charge >= 0.3 is 6.03 Å². The van der Waals surface area contributed by atoms with Crippen molar-refractivity contribution in [2.75, 3.05) is 0 Å². The Hall–Kier alpha value is -1.60. The molecule has 104 valence electrons. The number of urea groups is 1. The van der Waals surface area contributed by atoms with Crippen molar-refractivity contribution in [2.24, 2.45) is 5.14 Å². The fraction of sp³-hybridized carbons (Fsp3) is 0.417. The largest absolute Gasteiger partial charge is 0.335 e. The van der Waals surface area contributed by atoms with E-state index in [-0.39, 0.29) is 17.0 Å². The summed E-state index contributed by atoms with van der Waals surface area (Å²) in [6, 6.07) is 6.04. The molecule has 1 aromatic rings. The molecule has 0 heterocycles. The number of carbonyl (C=O) groups excluding carboxylic acids is 1. The molecule has 0 aromatic heterocycles. The second kappa shape index (κ2) is 5.18. The number of benzene rings is 1. The molecule has 0 bridgehead atoms. The first-order chi connectivity index (χ1) is 8.86. The number of sulfonamides is 1. The lowest BCUT2D eigenvalue weighted by Gasteiger charge is -2.15. The molecular weight excluding hydrogens is 266 g/mol. The maximum atomic E-state index is 11.6. The van der Waals surface area contributed by atoms with E-state index in [0.717, 1.165) is 18.4 Å². The zero-order valence-corrected chi connectivity index (χ0v) is 11.4. The van der Waals surface area contributed by atoms with E-state index in [0.29, 0.717) is 6.04 Å².